The maximum absolute atomic E-state index is 12.9. The Hall–Kier alpha value is -2.89. The number of hydrogen-bond donors (Lipinski definition) is 2. The topological polar surface area (TPSA) is 76.0 Å². The molecule has 1 spiro atoms. The van der Waals surface area contributed by atoms with Gasteiger partial charge < -0.3 is 19.7 Å². The van der Waals surface area contributed by atoms with Gasteiger partial charge in [-0.15, -0.1) is 0 Å². The van der Waals surface area contributed by atoms with Gasteiger partial charge in [-0.05, 0) is 41.9 Å². The highest BCUT2D eigenvalue weighted by molar-refractivity contribution is 6.07. The van der Waals surface area contributed by atoms with E-state index in [1.165, 1.54) is 6.08 Å². The minimum absolute atomic E-state index is 0.148. The minimum atomic E-state index is -1.44. The lowest BCUT2D eigenvalue weighted by molar-refractivity contribution is -0.119. The molecular weight excluding hydrogens is 380 g/mol. The van der Waals surface area contributed by atoms with E-state index in [0.29, 0.717) is 17.1 Å². The van der Waals surface area contributed by atoms with E-state index < -0.39 is 18.0 Å². The van der Waals surface area contributed by atoms with Gasteiger partial charge in [0, 0.05) is 23.5 Å². The van der Waals surface area contributed by atoms with Gasteiger partial charge in [-0.1, -0.05) is 36.4 Å². The summed E-state index contributed by atoms with van der Waals surface area (Å²) in [5.41, 5.74) is 0.593. The molecule has 1 aliphatic heterocycles. The van der Waals surface area contributed by atoms with Gasteiger partial charge in [-0.25, -0.2) is 0 Å². The van der Waals surface area contributed by atoms with Crippen molar-refractivity contribution in [3.05, 3.63) is 71.8 Å². The van der Waals surface area contributed by atoms with Crippen molar-refractivity contribution in [1.82, 2.24) is 0 Å². The molecule has 0 radical (unpaired) electrons. The molecule has 6 atom stereocenters. The van der Waals surface area contributed by atoms with Crippen LogP contribution in [0.1, 0.15) is 6.42 Å². The fourth-order valence-corrected chi connectivity index (χ4v) is 6.50. The van der Waals surface area contributed by atoms with E-state index in [4.69, 9.17) is 9.47 Å². The molecule has 0 aromatic heterocycles. The summed E-state index contributed by atoms with van der Waals surface area (Å²) < 4.78 is 12.8. The van der Waals surface area contributed by atoms with Crippen LogP contribution in [-0.2, 0) is 4.79 Å². The van der Waals surface area contributed by atoms with Crippen molar-refractivity contribution in [3.63, 3.8) is 0 Å². The fourth-order valence-electron chi connectivity index (χ4n) is 6.50. The molecule has 2 aromatic carbocycles. The Morgan fingerprint density at radius 1 is 0.900 bits per heavy atom. The highest BCUT2D eigenvalue weighted by atomic mass is 16.7. The predicted molar refractivity (Wildman–Crippen MR) is 109 cm³/mol. The SMILES string of the molecule is O=C1C=CC2(Oc3cccc4cccc(c34)O2)C2=C1C(O)C1C3C=CC(C3)C1C2O. The van der Waals surface area contributed by atoms with Crippen LogP contribution in [0, 0.1) is 23.7 Å². The zero-order valence-corrected chi connectivity index (χ0v) is 16.1. The Morgan fingerprint density at radius 3 is 2.20 bits per heavy atom. The summed E-state index contributed by atoms with van der Waals surface area (Å²) in [5.74, 6) is -0.369. The highest BCUT2D eigenvalue weighted by Gasteiger charge is 2.61. The van der Waals surface area contributed by atoms with Crippen molar-refractivity contribution < 1.29 is 24.5 Å². The van der Waals surface area contributed by atoms with E-state index in [1.54, 1.807) is 6.08 Å². The zero-order valence-electron chi connectivity index (χ0n) is 16.1. The first-order chi connectivity index (χ1) is 14.6. The van der Waals surface area contributed by atoms with Crippen molar-refractivity contribution in [1.29, 1.82) is 0 Å². The van der Waals surface area contributed by atoms with Crippen LogP contribution in [0.5, 0.6) is 11.5 Å². The van der Waals surface area contributed by atoms with Crippen LogP contribution in [0.3, 0.4) is 0 Å². The van der Waals surface area contributed by atoms with Gasteiger partial charge in [0.15, 0.2) is 5.78 Å². The molecule has 5 aliphatic rings. The molecule has 2 bridgehead atoms. The van der Waals surface area contributed by atoms with Crippen LogP contribution < -0.4 is 9.47 Å². The van der Waals surface area contributed by atoms with Gasteiger partial charge in [0.25, 0.3) is 5.79 Å². The Labute approximate surface area is 172 Å². The Morgan fingerprint density at radius 2 is 1.53 bits per heavy atom. The maximum atomic E-state index is 12.9. The molecule has 4 aliphatic carbocycles. The molecular formula is C25H20O5. The molecule has 150 valence electrons. The van der Waals surface area contributed by atoms with E-state index in [0.717, 1.165) is 17.2 Å². The molecule has 7 rings (SSSR count). The molecule has 1 heterocycles. The number of ether oxygens (including phenoxy) is 2. The second-order valence-corrected chi connectivity index (χ2v) is 9.00. The van der Waals surface area contributed by atoms with Crippen molar-refractivity contribution in [2.45, 2.75) is 24.4 Å². The number of ketones is 1. The number of aliphatic hydroxyl groups excluding tert-OH is 2. The number of benzene rings is 2. The molecule has 5 nitrogen and oxygen atoms in total. The molecule has 30 heavy (non-hydrogen) atoms. The number of rotatable bonds is 0. The minimum Gasteiger partial charge on any atom is -0.444 e. The molecule has 2 N–H and O–H groups in total. The first kappa shape index (κ1) is 16.9. The third-order valence-electron chi connectivity index (χ3n) is 7.64. The summed E-state index contributed by atoms with van der Waals surface area (Å²) in [6.07, 6.45) is 6.29. The number of allylic oxidation sites excluding steroid dienone is 3. The third-order valence-corrected chi connectivity index (χ3v) is 7.64. The lowest BCUT2D eigenvalue weighted by Crippen LogP contribution is -2.57. The van der Waals surface area contributed by atoms with Crippen LogP contribution in [0.2, 0.25) is 0 Å². The average molecular weight is 400 g/mol. The quantitative estimate of drug-likeness (QED) is 0.665. The van der Waals surface area contributed by atoms with Crippen molar-refractivity contribution in [2.24, 2.45) is 23.7 Å². The van der Waals surface area contributed by atoms with Gasteiger partial charge in [-0.2, -0.15) is 0 Å². The molecule has 1 saturated carbocycles. The Kier molecular flexibility index (Phi) is 3.05. The van der Waals surface area contributed by atoms with Gasteiger partial charge in [0.05, 0.1) is 23.2 Å². The van der Waals surface area contributed by atoms with Gasteiger partial charge in [-0.3, -0.25) is 4.79 Å². The number of carbonyl (C=O) groups excluding carboxylic acids is 1. The van der Waals surface area contributed by atoms with E-state index >= 15 is 0 Å². The van der Waals surface area contributed by atoms with E-state index in [9.17, 15) is 15.0 Å². The molecule has 2 aromatic rings. The summed E-state index contributed by atoms with van der Waals surface area (Å²) in [6, 6.07) is 11.5. The summed E-state index contributed by atoms with van der Waals surface area (Å²) in [7, 11) is 0. The van der Waals surface area contributed by atoms with Gasteiger partial charge in [0.1, 0.15) is 11.5 Å². The lowest BCUT2D eigenvalue weighted by atomic mass is 9.64. The number of hydrogen-bond acceptors (Lipinski definition) is 5. The fraction of sp³-hybridized carbons (Fsp3) is 0.320. The maximum Gasteiger partial charge on any atom is 0.297 e. The largest absolute Gasteiger partial charge is 0.444 e. The number of fused-ring (bicyclic) bond motifs is 6. The summed E-state index contributed by atoms with van der Waals surface area (Å²) in [6.45, 7) is 0. The second-order valence-electron chi connectivity index (χ2n) is 9.00. The zero-order chi connectivity index (χ0) is 20.2. The van der Waals surface area contributed by atoms with Crippen LogP contribution in [-0.4, -0.2) is 34.0 Å². The van der Waals surface area contributed by atoms with Crippen molar-refractivity contribution in [3.8, 4) is 11.5 Å². The Balaban J connectivity index is 1.44. The highest BCUT2D eigenvalue weighted by Crippen LogP contribution is 2.58. The summed E-state index contributed by atoms with van der Waals surface area (Å²) >= 11 is 0. The first-order valence-electron chi connectivity index (χ1n) is 10.5. The van der Waals surface area contributed by atoms with E-state index in [2.05, 4.69) is 12.2 Å². The van der Waals surface area contributed by atoms with Crippen LogP contribution in [0.4, 0.5) is 0 Å². The third kappa shape index (κ3) is 1.88. The summed E-state index contributed by atoms with van der Waals surface area (Å²) in [4.78, 5) is 12.9. The standard InChI is InChI=1S/C25H20O5/c26-15-9-10-25(29-16-5-1-3-12-4-2-6-17(30-25)18(12)16)22-21(15)23(27)19-13-7-8-14(11-13)20(19)24(22)28/h1-10,13-14,19-20,23-24,27-28H,11H2. The van der Waals surface area contributed by atoms with E-state index in [1.807, 2.05) is 36.4 Å². The molecule has 0 amide bonds. The Bertz CT molecular complexity index is 1180. The monoisotopic (exact) mass is 400 g/mol. The lowest BCUT2D eigenvalue weighted by Gasteiger charge is -2.48. The van der Waals surface area contributed by atoms with E-state index in [-0.39, 0.29) is 35.0 Å². The smallest absolute Gasteiger partial charge is 0.297 e. The number of carbonyl (C=O) groups is 1. The molecule has 5 heteroatoms. The van der Waals surface area contributed by atoms with Gasteiger partial charge in [0.2, 0.25) is 0 Å². The average Bonchev–Trinajstić information content (AvgIpc) is 3.36. The number of aliphatic hydroxyl groups is 2. The van der Waals surface area contributed by atoms with Crippen LogP contribution >= 0.6 is 0 Å². The van der Waals surface area contributed by atoms with Crippen molar-refractivity contribution >= 4 is 16.6 Å². The van der Waals surface area contributed by atoms with Crippen LogP contribution in [0.15, 0.2) is 71.8 Å². The van der Waals surface area contributed by atoms with Crippen molar-refractivity contribution in [2.75, 3.05) is 0 Å². The summed E-state index contributed by atoms with van der Waals surface area (Å²) in [5, 5.41) is 24.7. The normalized spacial score (nSPS) is 36.7. The molecule has 6 unspecified atom stereocenters. The molecule has 1 fully saturated rings. The first-order valence-corrected chi connectivity index (χ1v) is 10.5. The van der Waals surface area contributed by atoms with Gasteiger partial charge >= 0.3 is 0 Å². The van der Waals surface area contributed by atoms with Crippen LogP contribution in [0.25, 0.3) is 10.8 Å². The predicted octanol–water partition coefficient (Wildman–Crippen LogP) is 2.92. The second kappa shape index (κ2) is 5.42. The molecule has 0 saturated heterocycles.